The van der Waals surface area contributed by atoms with Crippen LogP contribution in [0.4, 0.5) is 13.2 Å². The summed E-state index contributed by atoms with van der Waals surface area (Å²) in [6.07, 6.45) is -1.35. The Morgan fingerprint density at radius 1 is 1.24 bits per heavy atom. The van der Waals surface area contributed by atoms with Crippen LogP contribution in [0, 0.1) is 5.92 Å². The quantitative estimate of drug-likeness (QED) is 0.884. The minimum atomic E-state index is -4.40. The first kappa shape index (κ1) is 16.0. The van der Waals surface area contributed by atoms with Crippen LogP contribution < -0.4 is 5.73 Å². The van der Waals surface area contributed by atoms with Crippen molar-refractivity contribution in [2.24, 2.45) is 11.7 Å². The molecule has 0 aliphatic rings. The molecule has 0 spiro atoms. The summed E-state index contributed by atoms with van der Waals surface area (Å²) in [4.78, 5) is 4.01. The average molecular weight is 362 g/mol. The molecule has 0 saturated carbocycles. The van der Waals surface area contributed by atoms with Gasteiger partial charge in [-0.1, -0.05) is 29.8 Å². The first-order valence-electron chi connectivity index (χ1n) is 6.36. The third kappa shape index (κ3) is 3.47. The van der Waals surface area contributed by atoms with Crippen LogP contribution in [0.15, 0.2) is 35.2 Å². The maximum Gasteiger partial charge on any atom is 0.416 e. The second-order valence-corrected chi connectivity index (χ2v) is 6.07. The van der Waals surface area contributed by atoms with E-state index >= 15 is 0 Å². The van der Waals surface area contributed by atoms with Gasteiger partial charge in [-0.2, -0.15) is 13.2 Å². The lowest BCUT2D eigenvalue weighted by atomic mass is 10.0. The smallest absolute Gasteiger partial charge is 0.322 e. The summed E-state index contributed by atoms with van der Waals surface area (Å²) in [6.45, 7) is 3.90. The van der Waals surface area contributed by atoms with Crippen LogP contribution in [0.25, 0.3) is 5.69 Å². The molecule has 1 aromatic heterocycles. The largest absolute Gasteiger partial charge is 0.416 e. The number of imidazole rings is 1. The molecule has 1 aromatic carbocycles. The van der Waals surface area contributed by atoms with Crippen molar-refractivity contribution in [3.63, 3.8) is 0 Å². The van der Waals surface area contributed by atoms with E-state index in [0.29, 0.717) is 15.9 Å². The van der Waals surface area contributed by atoms with Crippen LogP contribution in [-0.4, -0.2) is 9.55 Å². The second kappa shape index (κ2) is 5.81. The third-order valence-corrected chi connectivity index (χ3v) is 3.67. The summed E-state index contributed by atoms with van der Waals surface area (Å²) in [7, 11) is 0. The molecule has 1 atom stereocenters. The van der Waals surface area contributed by atoms with Crippen LogP contribution in [0.1, 0.15) is 31.1 Å². The van der Waals surface area contributed by atoms with Gasteiger partial charge in [0.15, 0.2) is 0 Å². The van der Waals surface area contributed by atoms with Crippen molar-refractivity contribution in [2.75, 3.05) is 0 Å². The van der Waals surface area contributed by atoms with Crippen LogP contribution in [0.5, 0.6) is 0 Å². The van der Waals surface area contributed by atoms with E-state index in [2.05, 4.69) is 20.9 Å². The maximum atomic E-state index is 12.9. The molecule has 2 N–H and O–H groups in total. The molecule has 21 heavy (non-hydrogen) atoms. The SMILES string of the molecule is CC(C)C(N)c1cncn1-c1cc(Br)cc(C(F)(F)F)c1. The van der Waals surface area contributed by atoms with Gasteiger partial charge in [0.2, 0.25) is 0 Å². The molecule has 114 valence electrons. The fourth-order valence-corrected chi connectivity index (χ4v) is 2.47. The molecule has 0 fully saturated rings. The number of nitrogens with zero attached hydrogens (tertiary/aromatic N) is 2. The van der Waals surface area contributed by atoms with Crippen LogP contribution in [-0.2, 0) is 6.18 Å². The lowest BCUT2D eigenvalue weighted by Crippen LogP contribution is -2.20. The van der Waals surface area contributed by atoms with Crippen molar-refractivity contribution in [1.82, 2.24) is 9.55 Å². The number of hydrogen-bond donors (Lipinski definition) is 1. The van der Waals surface area contributed by atoms with E-state index in [1.807, 2.05) is 13.8 Å². The predicted molar refractivity (Wildman–Crippen MR) is 78.0 cm³/mol. The Morgan fingerprint density at radius 3 is 2.48 bits per heavy atom. The Hall–Kier alpha value is -1.34. The third-order valence-electron chi connectivity index (χ3n) is 3.21. The Bertz CT molecular complexity index is 635. The zero-order chi connectivity index (χ0) is 15.8. The standard InChI is InChI=1S/C14H15BrF3N3/c1-8(2)13(19)12-6-20-7-21(12)11-4-9(14(16,17)18)3-10(15)5-11/h3-8,13H,19H2,1-2H3. The van der Waals surface area contributed by atoms with Crippen molar-refractivity contribution in [3.8, 4) is 5.69 Å². The highest BCUT2D eigenvalue weighted by Crippen LogP contribution is 2.33. The highest BCUT2D eigenvalue weighted by atomic mass is 79.9. The number of rotatable bonds is 3. The van der Waals surface area contributed by atoms with Gasteiger partial charge < -0.3 is 10.3 Å². The van der Waals surface area contributed by atoms with Crippen LogP contribution in [0.2, 0.25) is 0 Å². The Balaban J connectivity index is 2.53. The maximum absolute atomic E-state index is 12.9. The molecule has 2 rings (SSSR count). The summed E-state index contributed by atoms with van der Waals surface area (Å²) in [5.41, 5.74) is 6.42. The lowest BCUT2D eigenvalue weighted by molar-refractivity contribution is -0.137. The van der Waals surface area contributed by atoms with Gasteiger partial charge in [-0.15, -0.1) is 0 Å². The van der Waals surface area contributed by atoms with E-state index < -0.39 is 11.7 Å². The number of halogens is 4. The summed E-state index contributed by atoms with van der Waals surface area (Å²) in [6, 6.07) is 3.43. The van der Waals surface area contributed by atoms with Crippen molar-refractivity contribution < 1.29 is 13.2 Å². The van der Waals surface area contributed by atoms with Crippen LogP contribution in [0.3, 0.4) is 0 Å². The minimum absolute atomic E-state index is 0.148. The topological polar surface area (TPSA) is 43.8 Å². The summed E-state index contributed by atoms with van der Waals surface area (Å²) < 4.78 is 40.7. The summed E-state index contributed by atoms with van der Waals surface area (Å²) in [5.74, 6) is 0.148. The summed E-state index contributed by atoms with van der Waals surface area (Å²) in [5, 5.41) is 0. The van der Waals surface area contributed by atoms with Gasteiger partial charge in [0.25, 0.3) is 0 Å². The molecular weight excluding hydrogens is 347 g/mol. The molecule has 3 nitrogen and oxygen atoms in total. The monoisotopic (exact) mass is 361 g/mol. The van der Waals surface area contributed by atoms with Crippen molar-refractivity contribution >= 4 is 15.9 Å². The highest BCUT2D eigenvalue weighted by Gasteiger charge is 2.31. The molecular formula is C14H15BrF3N3. The van der Waals surface area contributed by atoms with Crippen molar-refractivity contribution in [1.29, 1.82) is 0 Å². The fourth-order valence-electron chi connectivity index (χ4n) is 1.99. The van der Waals surface area contributed by atoms with E-state index in [0.717, 1.165) is 12.1 Å². The number of benzene rings is 1. The zero-order valence-electron chi connectivity index (χ0n) is 11.5. The lowest BCUT2D eigenvalue weighted by Gasteiger charge is -2.19. The van der Waals surface area contributed by atoms with Crippen LogP contribution >= 0.6 is 15.9 Å². The van der Waals surface area contributed by atoms with E-state index in [9.17, 15) is 13.2 Å². The van der Waals surface area contributed by atoms with Gasteiger partial charge >= 0.3 is 6.18 Å². The first-order valence-corrected chi connectivity index (χ1v) is 7.15. The minimum Gasteiger partial charge on any atom is -0.322 e. The van der Waals surface area contributed by atoms with E-state index in [-0.39, 0.29) is 12.0 Å². The molecule has 0 aliphatic heterocycles. The zero-order valence-corrected chi connectivity index (χ0v) is 13.1. The van der Waals surface area contributed by atoms with Gasteiger partial charge in [0.05, 0.1) is 23.8 Å². The van der Waals surface area contributed by atoms with E-state index in [1.54, 1.807) is 16.8 Å². The van der Waals surface area contributed by atoms with Gasteiger partial charge in [-0.25, -0.2) is 4.98 Å². The van der Waals surface area contributed by atoms with Gasteiger partial charge in [0.1, 0.15) is 0 Å². The molecule has 0 saturated heterocycles. The number of alkyl halides is 3. The number of aromatic nitrogens is 2. The van der Waals surface area contributed by atoms with E-state index in [1.165, 1.54) is 6.33 Å². The molecule has 2 aromatic rings. The molecule has 0 bridgehead atoms. The number of hydrogen-bond acceptors (Lipinski definition) is 2. The molecule has 0 radical (unpaired) electrons. The van der Waals surface area contributed by atoms with E-state index in [4.69, 9.17) is 5.73 Å². The Morgan fingerprint density at radius 2 is 1.90 bits per heavy atom. The molecule has 1 unspecified atom stereocenters. The molecule has 0 aliphatic carbocycles. The molecule has 7 heteroatoms. The average Bonchev–Trinajstić information content (AvgIpc) is 2.84. The van der Waals surface area contributed by atoms with Gasteiger partial charge in [0, 0.05) is 16.2 Å². The number of nitrogens with two attached hydrogens (primary N) is 1. The Labute approximate surface area is 129 Å². The van der Waals surface area contributed by atoms with Gasteiger partial charge in [-0.05, 0) is 24.1 Å². The highest BCUT2D eigenvalue weighted by molar-refractivity contribution is 9.10. The molecule has 1 heterocycles. The van der Waals surface area contributed by atoms with Crippen molar-refractivity contribution in [3.05, 3.63) is 46.5 Å². The van der Waals surface area contributed by atoms with Gasteiger partial charge in [-0.3, -0.25) is 0 Å². The fraction of sp³-hybridized carbons (Fsp3) is 0.357. The van der Waals surface area contributed by atoms with Crippen molar-refractivity contribution in [2.45, 2.75) is 26.1 Å². The predicted octanol–water partition coefficient (Wildman–Crippen LogP) is 4.31. The first-order chi connectivity index (χ1) is 9.70. The Kier molecular flexibility index (Phi) is 4.43. The summed E-state index contributed by atoms with van der Waals surface area (Å²) >= 11 is 3.12. The second-order valence-electron chi connectivity index (χ2n) is 5.15. The molecule has 0 amide bonds. The normalized spacial score (nSPS) is 13.7.